The van der Waals surface area contributed by atoms with Crippen LogP contribution in [-0.2, 0) is 17.4 Å². The Morgan fingerprint density at radius 1 is 1.10 bits per heavy atom. The maximum atomic E-state index is 12.7. The van der Waals surface area contributed by atoms with Crippen molar-refractivity contribution >= 4 is 5.97 Å². The molecule has 0 atom stereocenters. The highest BCUT2D eigenvalue weighted by molar-refractivity contribution is 5.70. The molecule has 0 aliphatic rings. The van der Waals surface area contributed by atoms with Crippen molar-refractivity contribution in [1.82, 2.24) is 14.8 Å². The first kappa shape index (κ1) is 22.1. The summed E-state index contributed by atoms with van der Waals surface area (Å²) < 4.78 is 56.0. The molecule has 31 heavy (non-hydrogen) atoms. The molecule has 1 aromatic carbocycles. The fourth-order valence-corrected chi connectivity index (χ4v) is 2.71. The van der Waals surface area contributed by atoms with Crippen molar-refractivity contribution in [1.29, 1.82) is 0 Å². The zero-order chi connectivity index (χ0) is 22.4. The van der Waals surface area contributed by atoms with E-state index in [1.165, 1.54) is 17.7 Å². The Kier molecular flexibility index (Phi) is 6.78. The van der Waals surface area contributed by atoms with Crippen molar-refractivity contribution in [2.45, 2.75) is 26.4 Å². The van der Waals surface area contributed by atoms with Gasteiger partial charge in [-0.15, -0.1) is 5.10 Å². The molecule has 10 heteroatoms. The lowest BCUT2D eigenvalue weighted by atomic mass is 10.2. The number of ether oxygens (including phenoxy) is 3. The third-order valence-electron chi connectivity index (χ3n) is 4.07. The molecule has 2 heterocycles. The summed E-state index contributed by atoms with van der Waals surface area (Å²) in [4.78, 5) is 15.1. The Morgan fingerprint density at radius 3 is 2.45 bits per heavy atom. The van der Waals surface area contributed by atoms with Crippen LogP contribution in [0.3, 0.4) is 0 Å². The number of halogens is 3. The molecule has 0 aliphatic carbocycles. The van der Waals surface area contributed by atoms with Crippen LogP contribution in [0.15, 0.2) is 48.8 Å². The number of alkyl halides is 3. The van der Waals surface area contributed by atoms with Gasteiger partial charge in [0.15, 0.2) is 17.3 Å². The van der Waals surface area contributed by atoms with Gasteiger partial charge in [0, 0.05) is 31.3 Å². The highest BCUT2D eigenvalue weighted by Gasteiger charge is 2.30. The predicted molar refractivity (Wildman–Crippen MR) is 104 cm³/mol. The summed E-state index contributed by atoms with van der Waals surface area (Å²) in [6, 6.07) is 8.95. The van der Waals surface area contributed by atoms with Gasteiger partial charge in [-0.2, -0.15) is 13.2 Å². The lowest BCUT2D eigenvalue weighted by molar-refractivity contribution is -0.138. The van der Waals surface area contributed by atoms with Crippen molar-refractivity contribution in [3.63, 3.8) is 0 Å². The molecule has 0 amide bonds. The number of para-hydroxylation sites is 2. The van der Waals surface area contributed by atoms with Crippen molar-refractivity contribution in [2.75, 3.05) is 13.2 Å². The average Bonchev–Trinajstić information content (AvgIpc) is 3.11. The van der Waals surface area contributed by atoms with Crippen LogP contribution in [-0.4, -0.2) is 33.9 Å². The Hall–Kier alpha value is -3.56. The van der Waals surface area contributed by atoms with Crippen LogP contribution >= 0.6 is 0 Å². The number of nitrogens with zero attached hydrogens (tertiary/aromatic N) is 3. The molecule has 0 N–H and O–H groups in total. The Morgan fingerprint density at radius 2 is 1.84 bits per heavy atom. The first-order valence-electron chi connectivity index (χ1n) is 9.43. The molecule has 164 valence electrons. The van der Waals surface area contributed by atoms with E-state index in [-0.39, 0.29) is 12.4 Å². The predicted octanol–water partition coefficient (Wildman–Crippen LogP) is 4.23. The minimum Gasteiger partial charge on any atom is -0.489 e. The SMILES string of the molecule is CCOc1nn(-c2ccc(C(F)(F)F)cn2)cc1CCOc1ccccc1OC(C)=O. The van der Waals surface area contributed by atoms with Crippen LogP contribution in [0.1, 0.15) is 25.0 Å². The molecule has 3 rings (SSSR count). The van der Waals surface area contributed by atoms with Gasteiger partial charge in [-0.3, -0.25) is 4.79 Å². The number of hydrogen-bond acceptors (Lipinski definition) is 6. The molecule has 0 spiro atoms. The normalized spacial score (nSPS) is 11.3. The van der Waals surface area contributed by atoms with E-state index in [1.54, 1.807) is 37.4 Å². The van der Waals surface area contributed by atoms with Crippen LogP contribution in [0.25, 0.3) is 5.82 Å². The number of hydrogen-bond donors (Lipinski definition) is 0. The van der Waals surface area contributed by atoms with Gasteiger partial charge in [-0.25, -0.2) is 9.67 Å². The summed E-state index contributed by atoms with van der Waals surface area (Å²) in [5.41, 5.74) is -0.151. The van der Waals surface area contributed by atoms with Gasteiger partial charge in [0.25, 0.3) is 0 Å². The van der Waals surface area contributed by atoms with Gasteiger partial charge in [0.05, 0.1) is 18.8 Å². The summed E-state index contributed by atoms with van der Waals surface area (Å²) in [6.45, 7) is 3.69. The minimum atomic E-state index is -4.46. The van der Waals surface area contributed by atoms with Crippen molar-refractivity contribution in [2.24, 2.45) is 0 Å². The van der Waals surface area contributed by atoms with E-state index < -0.39 is 17.7 Å². The number of pyridine rings is 1. The summed E-state index contributed by atoms with van der Waals surface area (Å²) in [5.74, 6) is 0.819. The van der Waals surface area contributed by atoms with Gasteiger partial charge in [-0.1, -0.05) is 12.1 Å². The maximum Gasteiger partial charge on any atom is 0.417 e. The van der Waals surface area contributed by atoms with E-state index in [9.17, 15) is 18.0 Å². The zero-order valence-electron chi connectivity index (χ0n) is 16.8. The molecule has 0 aliphatic heterocycles. The molecule has 7 nitrogen and oxygen atoms in total. The standard InChI is InChI=1S/C21H20F3N3O4/c1-3-29-20-15(10-11-30-17-6-4-5-7-18(17)31-14(2)28)13-27(26-20)19-9-8-16(12-25-19)21(22,23)24/h4-9,12-13H,3,10-11H2,1-2H3. The third-order valence-corrected chi connectivity index (χ3v) is 4.07. The molecule has 3 aromatic rings. The first-order chi connectivity index (χ1) is 14.8. The number of esters is 1. The second kappa shape index (κ2) is 9.50. The van der Waals surface area contributed by atoms with Crippen LogP contribution in [0.5, 0.6) is 17.4 Å². The quantitative estimate of drug-likeness (QED) is 0.389. The summed E-state index contributed by atoms with van der Waals surface area (Å²) in [5, 5.41) is 4.27. The highest BCUT2D eigenvalue weighted by atomic mass is 19.4. The smallest absolute Gasteiger partial charge is 0.417 e. The second-order valence-electron chi connectivity index (χ2n) is 6.38. The lowest BCUT2D eigenvalue weighted by Crippen LogP contribution is -2.07. The minimum absolute atomic E-state index is 0.223. The number of rotatable bonds is 8. The summed E-state index contributed by atoms with van der Waals surface area (Å²) in [6.07, 6.45) is -1.69. The first-order valence-corrected chi connectivity index (χ1v) is 9.43. The fraction of sp³-hybridized carbons (Fsp3) is 0.286. The summed E-state index contributed by atoms with van der Waals surface area (Å²) in [7, 11) is 0. The van der Waals surface area contributed by atoms with Crippen LogP contribution < -0.4 is 14.2 Å². The molecular weight excluding hydrogens is 415 g/mol. The monoisotopic (exact) mass is 435 g/mol. The van der Waals surface area contributed by atoms with Crippen LogP contribution in [0, 0.1) is 0 Å². The van der Waals surface area contributed by atoms with E-state index in [1.807, 2.05) is 0 Å². The number of carbonyl (C=O) groups is 1. The van der Waals surface area contributed by atoms with Gasteiger partial charge < -0.3 is 14.2 Å². The molecule has 0 radical (unpaired) electrons. The number of aromatic nitrogens is 3. The number of carbonyl (C=O) groups excluding carboxylic acids is 1. The van der Waals surface area contributed by atoms with Gasteiger partial charge in [0.2, 0.25) is 5.88 Å². The molecule has 0 saturated carbocycles. The summed E-state index contributed by atoms with van der Waals surface area (Å²) >= 11 is 0. The highest BCUT2D eigenvalue weighted by Crippen LogP contribution is 2.29. The van der Waals surface area contributed by atoms with Gasteiger partial charge in [0.1, 0.15) is 0 Å². The maximum absolute atomic E-state index is 12.7. The largest absolute Gasteiger partial charge is 0.489 e. The van der Waals surface area contributed by atoms with E-state index in [0.717, 1.165) is 12.3 Å². The Bertz CT molecular complexity index is 1030. The van der Waals surface area contributed by atoms with E-state index in [2.05, 4.69) is 10.1 Å². The van der Waals surface area contributed by atoms with Crippen molar-refractivity contribution in [3.05, 3.63) is 59.9 Å². The fourth-order valence-electron chi connectivity index (χ4n) is 2.71. The Balaban J connectivity index is 1.73. The van der Waals surface area contributed by atoms with Crippen molar-refractivity contribution < 1.29 is 32.2 Å². The lowest BCUT2D eigenvalue weighted by Gasteiger charge is -2.10. The third kappa shape index (κ3) is 5.74. The van der Waals surface area contributed by atoms with Crippen LogP contribution in [0.2, 0.25) is 0 Å². The topological polar surface area (TPSA) is 75.5 Å². The average molecular weight is 435 g/mol. The van der Waals surface area contributed by atoms with Gasteiger partial charge >= 0.3 is 12.1 Å². The molecule has 0 fully saturated rings. The second-order valence-corrected chi connectivity index (χ2v) is 6.38. The molecular formula is C21H20F3N3O4. The molecule has 0 bridgehead atoms. The molecule has 0 saturated heterocycles. The molecule has 2 aromatic heterocycles. The zero-order valence-corrected chi connectivity index (χ0v) is 16.8. The van der Waals surface area contributed by atoms with Gasteiger partial charge in [-0.05, 0) is 31.2 Å². The molecule has 0 unspecified atom stereocenters. The van der Waals surface area contributed by atoms with E-state index in [4.69, 9.17) is 14.2 Å². The van der Waals surface area contributed by atoms with E-state index in [0.29, 0.717) is 36.0 Å². The number of benzene rings is 1. The van der Waals surface area contributed by atoms with E-state index >= 15 is 0 Å². The Labute approximate surface area is 176 Å². The van der Waals surface area contributed by atoms with Crippen molar-refractivity contribution in [3.8, 4) is 23.2 Å². The van der Waals surface area contributed by atoms with Crippen LogP contribution in [0.4, 0.5) is 13.2 Å².